The predicted octanol–water partition coefficient (Wildman–Crippen LogP) is 4.66. The number of hydrogen-bond acceptors (Lipinski definition) is 6. The van der Waals surface area contributed by atoms with E-state index in [9.17, 15) is 9.59 Å². The first-order chi connectivity index (χ1) is 14.8. The van der Waals surface area contributed by atoms with E-state index in [1.165, 1.54) is 35.0 Å². The summed E-state index contributed by atoms with van der Waals surface area (Å²) in [7, 11) is 0. The van der Waals surface area contributed by atoms with Gasteiger partial charge in [0, 0.05) is 16.2 Å². The Morgan fingerprint density at radius 2 is 1.90 bits per heavy atom. The summed E-state index contributed by atoms with van der Waals surface area (Å²) in [5.74, 6) is 0.639. The van der Waals surface area contributed by atoms with Crippen LogP contribution in [0.2, 0.25) is 0 Å². The molecule has 0 radical (unpaired) electrons. The first kappa shape index (κ1) is 22.5. The largest absolute Gasteiger partial charge is 0.273 e. The van der Waals surface area contributed by atoms with E-state index >= 15 is 0 Å². The molecule has 8 heteroatoms. The molecule has 1 fully saturated rings. The molecule has 2 aromatic heterocycles. The number of carbonyl (C=O) groups excluding carboxylic acids is 2. The maximum Gasteiger partial charge on any atom is 0.248 e. The van der Waals surface area contributed by atoms with E-state index in [2.05, 4.69) is 41.6 Å². The van der Waals surface area contributed by atoms with Crippen molar-refractivity contribution in [2.75, 3.05) is 5.75 Å². The van der Waals surface area contributed by atoms with Crippen LogP contribution in [0, 0.1) is 17.3 Å². The third kappa shape index (κ3) is 5.22. The van der Waals surface area contributed by atoms with E-state index in [0.29, 0.717) is 11.3 Å². The van der Waals surface area contributed by atoms with E-state index in [1.807, 2.05) is 0 Å². The van der Waals surface area contributed by atoms with Gasteiger partial charge in [-0.3, -0.25) is 20.4 Å². The molecule has 2 aromatic rings. The van der Waals surface area contributed by atoms with Crippen LogP contribution in [-0.2, 0) is 22.4 Å². The smallest absolute Gasteiger partial charge is 0.248 e. The summed E-state index contributed by atoms with van der Waals surface area (Å²) in [5.41, 5.74) is 6.86. The zero-order valence-electron chi connectivity index (χ0n) is 18.6. The number of nitrogens with one attached hydrogen (secondary N) is 2. The molecule has 6 nitrogen and oxygen atoms in total. The Balaban J connectivity index is 1.38. The third-order valence-electron chi connectivity index (χ3n) is 6.68. The minimum absolute atomic E-state index is 0.0254. The SMILES string of the molecule is CC(C)(C)C1CCc2c(sc3ncnc(SCC(=O)NNC(=O)C4CCCCC4)c23)C1. The zero-order valence-corrected chi connectivity index (χ0v) is 20.3. The van der Waals surface area contributed by atoms with E-state index < -0.39 is 0 Å². The molecule has 0 aliphatic heterocycles. The maximum atomic E-state index is 12.3. The molecule has 2 aliphatic carbocycles. The minimum Gasteiger partial charge on any atom is -0.273 e. The van der Waals surface area contributed by atoms with Gasteiger partial charge in [-0.05, 0) is 49.0 Å². The van der Waals surface area contributed by atoms with Crippen molar-refractivity contribution in [2.24, 2.45) is 17.3 Å². The molecule has 31 heavy (non-hydrogen) atoms. The molecule has 0 aromatic carbocycles. The number of fused-ring (bicyclic) bond motifs is 3. The first-order valence-electron chi connectivity index (χ1n) is 11.3. The Hall–Kier alpha value is -1.67. The fourth-order valence-electron chi connectivity index (χ4n) is 4.70. The predicted molar refractivity (Wildman–Crippen MR) is 126 cm³/mol. The molecule has 0 spiro atoms. The number of aromatic nitrogens is 2. The fourth-order valence-corrected chi connectivity index (χ4v) is 6.86. The summed E-state index contributed by atoms with van der Waals surface area (Å²) < 4.78 is 0. The van der Waals surface area contributed by atoms with Crippen molar-refractivity contribution in [3.63, 3.8) is 0 Å². The molecule has 168 valence electrons. The summed E-state index contributed by atoms with van der Waals surface area (Å²) in [6, 6.07) is 0. The first-order valence-corrected chi connectivity index (χ1v) is 13.1. The Labute approximate surface area is 192 Å². The van der Waals surface area contributed by atoms with Crippen LogP contribution in [0.5, 0.6) is 0 Å². The second-order valence-electron chi connectivity index (χ2n) is 9.83. The van der Waals surface area contributed by atoms with Gasteiger partial charge < -0.3 is 0 Å². The number of rotatable bonds is 4. The average molecular weight is 461 g/mol. The Bertz CT molecular complexity index is 960. The van der Waals surface area contributed by atoms with Crippen molar-refractivity contribution < 1.29 is 9.59 Å². The lowest BCUT2D eigenvalue weighted by Crippen LogP contribution is -2.45. The lowest BCUT2D eigenvalue weighted by Gasteiger charge is -2.33. The number of aryl methyl sites for hydroxylation is 1. The van der Waals surface area contributed by atoms with Crippen LogP contribution in [0.15, 0.2) is 11.4 Å². The molecule has 0 bridgehead atoms. The molecular weight excluding hydrogens is 428 g/mol. The highest BCUT2D eigenvalue weighted by Gasteiger charge is 2.31. The highest BCUT2D eigenvalue weighted by molar-refractivity contribution is 8.00. The second-order valence-corrected chi connectivity index (χ2v) is 11.9. The Morgan fingerprint density at radius 1 is 1.13 bits per heavy atom. The number of thioether (sulfide) groups is 1. The van der Waals surface area contributed by atoms with Crippen molar-refractivity contribution in [2.45, 2.75) is 77.2 Å². The van der Waals surface area contributed by atoms with Gasteiger partial charge in [-0.2, -0.15) is 0 Å². The Morgan fingerprint density at radius 3 is 2.65 bits per heavy atom. The molecule has 1 atom stereocenters. The van der Waals surface area contributed by atoms with E-state index in [1.54, 1.807) is 17.7 Å². The summed E-state index contributed by atoms with van der Waals surface area (Å²) in [6.45, 7) is 6.97. The van der Waals surface area contributed by atoms with Gasteiger partial charge in [-0.15, -0.1) is 11.3 Å². The summed E-state index contributed by atoms with van der Waals surface area (Å²) >= 11 is 3.20. The van der Waals surface area contributed by atoms with Gasteiger partial charge in [0.1, 0.15) is 16.2 Å². The van der Waals surface area contributed by atoms with Crippen molar-refractivity contribution >= 4 is 45.1 Å². The molecule has 2 amide bonds. The van der Waals surface area contributed by atoms with Crippen LogP contribution < -0.4 is 10.9 Å². The van der Waals surface area contributed by atoms with Crippen LogP contribution >= 0.6 is 23.1 Å². The minimum atomic E-state index is -0.210. The van der Waals surface area contributed by atoms with E-state index in [0.717, 1.165) is 53.8 Å². The molecule has 2 aliphatic rings. The highest BCUT2D eigenvalue weighted by Crippen LogP contribution is 2.44. The monoisotopic (exact) mass is 460 g/mol. The number of thiophene rings is 1. The summed E-state index contributed by atoms with van der Waals surface area (Å²) in [4.78, 5) is 36.0. The Kier molecular flexibility index (Phi) is 6.86. The van der Waals surface area contributed by atoms with Gasteiger partial charge in [-0.1, -0.05) is 51.8 Å². The molecule has 0 saturated heterocycles. The van der Waals surface area contributed by atoms with Crippen molar-refractivity contribution in [3.05, 3.63) is 16.8 Å². The molecule has 2 heterocycles. The quantitative estimate of drug-likeness (QED) is 0.394. The van der Waals surface area contributed by atoms with Crippen LogP contribution in [0.4, 0.5) is 0 Å². The normalized spacial score (nSPS) is 19.8. The van der Waals surface area contributed by atoms with Gasteiger partial charge >= 0.3 is 0 Å². The van der Waals surface area contributed by atoms with Gasteiger partial charge in [0.15, 0.2) is 0 Å². The zero-order chi connectivity index (χ0) is 22.0. The van der Waals surface area contributed by atoms with Gasteiger partial charge in [0.05, 0.1) is 5.75 Å². The van der Waals surface area contributed by atoms with Crippen molar-refractivity contribution in [1.29, 1.82) is 0 Å². The lowest BCUT2D eigenvalue weighted by atomic mass is 9.72. The van der Waals surface area contributed by atoms with Crippen LogP contribution in [0.25, 0.3) is 10.2 Å². The van der Waals surface area contributed by atoms with E-state index in [4.69, 9.17) is 0 Å². The van der Waals surface area contributed by atoms with Crippen LogP contribution in [-0.4, -0.2) is 27.5 Å². The van der Waals surface area contributed by atoms with E-state index in [-0.39, 0.29) is 23.5 Å². The average Bonchev–Trinajstić information content (AvgIpc) is 3.14. The summed E-state index contributed by atoms with van der Waals surface area (Å²) in [6.07, 6.45) is 10.1. The highest BCUT2D eigenvalue weighted by atomic mass is 32.2. The number of carbonyl (C=O) groups is 2. The molecule has 1 saturated carbocycles. The molecular formula is C23H32N4O2S2. The number of amides is 2. The molecule has 2 N–H and O–H groups in total. The van der Waals surface area contributed by atoms with Crippen LogP contribution in [0.3, 0.4) is 0 Å². The van der Waals surface area contributed by atoms with Crippen molar-refractivity contribution in [1.82, 2.24) is 20.8 Å². The van der Waals surface area contributed by atoms with Gasteiger partial charge in [0.25, 0.3) is 0 Å². The number of hydrazine groups is 1. The number of nitrogens with zero attached hydrogens (tertiary/aromatic N) is 2. The molecule has 1 unspecified atom stereocenters. The fraction of sp³-hybridized carbons (Fsp3) is 0.652. The van der Waals surface area contributed by atoms with Crippen molar-refractivity contribution in [3.8, 4) is 0 Å². The summed E-state index contributed by atoms with van der Waals surface area (Å²) in [5, 5.41) is 1.99. The molecule has 4 rings (SSSR count). The third-order valence-corrected chi connectivity index (χ3v) is 8.83. The number of hydrogen-bond donors (Lipinski definition) is 2. The second kappa shape index (κ2) is 9.45. The van der Waals surface area contributed by atoms with Gasteiger partial charge in [0.2, 0.25) is 11.8 Å². The maximum absolute atomic E-state index is 12.3. The lowest BCUT2D eigenvalue weighted by molar-refractivity contribution is -0.131. The van der Waals surface area contributed by atoms with Gasteiger partial charge in [-0.25, -0.2) is 9.97 Å². The van der Waals surface area contributed by atoms with Crippen LogP contribution in [0.1, 0.15) is 69.7 Å². The topological polar surface area (TPSA) is 84.0 Å². The standard InChI is InChI=1S/C23H32N4O2S2/c1-23(2,3)15-9-10-16-17(11-15)31-22-19(16)21(24-13-25-22)30-12-18(28)26-27-20(29)14-7-5-4-6-8-14/h13-15H,4-12H2,1-3H3,(H,26,28)(H,27,29).